The molecule has 1 aromatic heterocycles. The highest BCUT2D eigenvalue weighted by molar-refractivity contribution is 5.93. The number of carbonyl (C=O) groups excluding carboxylic acids is 1. The van der Waals surface area contributed by atoms with Crippen molar-refractivity contribution in [2.75, 3.05) is 26.2 Å². The molecule has 3 heterocycles. The molecule has 2 fully saturated rings. The molecule has 6 heteroatoms. The molecule has 150 valence electrons. The Hall–Kier alpha value is -2.21. The minimum Gasteiger partial charge on any atom is -0.337 e. The topological polar surface area (TPSA) is 41.4 Å². The molecular formula is C22H29FN4O. The van der Waals surface area contributed by atoms with Crippen molar-refractivity contribution >= 4 is 5.91 Å². The minimum absolute atomic E-state index is 0.106. The zero-order valence-corrected chi connectivity index (χ0v) is 16.8. The molecule has 2 aliphatic heterocycles. The van der Waals surface area contributed by atoms with Gasteiger partial charge in [0.05, 0.1) is 5.69 Å². The van der Waals surface area contributed by atoms with Crippen molar-refractivity contribution in [1.82, 2.24) is 19.6 Å². The summed E-state index contributed by atoms with van der Waals surface area (Å²) in [6, 6.07) is 8.71. The fourth-order valence-electron chi connectivity index (χ4n) is 4.86. The second kappa shape index (κ2) is 7.66. The molecule has 5 nitrogen and oxygen atoms in total. The van der Waals surface area contributed by atoms with Crippen molar-refractivity contribution in [3.05, 3.63) is 53.1 Å². The number of piperidine rings is 1. The number of nitrogens with zero attached hydrogens (tertiary/aromatic N) is 4. The van der Waals surface area contributed by atoms with Crippen LogP contribution in [0.15, 0.2) is 30.3 Å². The van der Waals surface area contributed by atoms with E-state index in [9.17, 15) is 9.18 Å². The standard InChI is InChI=1S/C22H29FN4O/c1-3-27-20(13-17(2)24-27)21(28)26-12-10-22(16-26)9-4-11-25(15-22)14-18-5-7-19(23)8-6-18/h5-8,13H,3-4,9-12,14-16H2,1-2H3/t22-/m0/s1. The first-order valence-electron chi connectivity index (χ1n) is 10.3. The van der Waals surface area contributed by atoms with Crippen LogP contribution in [0.2, 0.25) is 0 Å². The molecule has 0 bridgehead atoms. The van der Waals surface area contributed by atoms with Crippen molar-refractivity contribution in [2.24, 2.45) is 5.41 Å². The van der Waals surface area contributed by atoms with Gasteiger partial charge in [-0.3, -0.25) is 14.4 Å². The summed E-state index contributed by atoms with van der Waals surface area (Å²) in [6.07, 6.45) is 3.37. The van der Waals surface area contributed by atoms with E-state index < -0.39 is 0 Å². The SMILES string of the molecule is CCn1nc(C)cc1C(=O)N1CC[C@]2(CCCN(Cc3ccc(F)cc3)C2)C1. The van der Waals surface area contributed by atoms with Crippen LogP contribution < -0.4 is 0 Å². The molecule has 2 saturated heterocycles. The Balaban J connectivity index is 1.43. The molecule has 2 aliphatic rings. The largest absolute Gasteiger partial charge is 0.337 e. The summed E-state index contributed by atoms with van der Waals surface area (Å²) in [7, 11) is 0. The van der Waals surface area contributed by atoms with Gasteiger partial charge in [0, 0.05) is 38.1 Å². The minimum atomic E-state index is -0.189. The van der Waals surface area contributed by atoms with Crippen molar-refractivity contribution in [3.63, 3.8) is 0 Å². The van der Waals surface area contributed by atoms with Crippen LogP contribution in [-0.2, 0) is 13.1 Å². The van der Waals surface area contributed by atoms with Crippen LogP contribution >= 0.6 is 0 Å². The first kappa shape index (κ1) is 19.1. The van der Waals surface area contributed by atoms with Gasteiger partial charge in [-0.1, -0.05) is 12.1 Å². The Morgan fingerprint density at radius 2 is 1.96 bits per heavy atom. The van der Waals surface area contributed by atoms with E-state index in [4.69, 9.17) is 0 Å². The highest BCUT2D eigenvalue weighted by atomic mass is 19.1. The Morgan fingerprint density at radius 1 is 1.18 bits per heavy atom. The summed E-state index contributed by atoms with van der Waals surface area (Å²) in [4.78, 5) is 17.6. The van der Waals surface area contributed by atoms with Crippen LogP contribution in [0.3, 0.4) is 0 Å². The lowest BCUT2D eigenvalue weighted by Crippen LogP contribution is -2.45. The van der Waals surface area contributed by atoms with E-state index in [-0.39, 0.29) is 17.1 Å². The van der Waals surface area contributed by atoms with Crippen molar-refractivity contribution < 1.29 is 9.18 Å². The third kappa shape index (κ3) is 3.83. The molecular weight excluding hydrogens is 355 g/mol. The first-order valence-corrected chi connectivity index (χ1v) is 10.3. The van der Waals surface area contributed by atoms with Crippen molar-refractivity contribution in [1.29, 1.82) is 0 Å². The van der Waals surface area contributed by atoms with E-state index in [1.54, 1.807) is 0 Å². The monoisotopic (exact) mass is 384 g/mol. The highest BCUT2D eigenvalue weighted by Crippen LogP contribution is 2.39. The van der Waals surface area contributed by atoms with E-state index in [0.29, 0.717) is 12.2 Å². The molecule has 1 amide bonds. The fourth-order valence-corrected chi connectivity index (χ4v) is 4.86. The number of aryl methyl sites for hydroxylation is 2. The van der Waals surface area contributed by atoms with E-state index in [2.05, 4.69) is 10.00 Å². The van der Waals surface area contributed by atoms with Gasteiger partial charge in [-0.15, -0.1) is 0 Å². The lowest BCUT2D eigenvalue weighted by atomic mass is 9.79. The van der Waals surface area contributed by atoms with E-state index in [0.717, 1.165) is 56.8 Å². The number of carbonyl (C=O) groups is 1. The molecule has 0 N–H and O–H groups in total. The van der Waals surface area contributed by atoms with Crippen LogP contribution in [-0.4, -0.2) is 51.7 Å². The quantitative estimate of drug-likeness (QED) is 0.810. The van der Waals surface area contributed by atoms with Gasteiger partial charge in [-0.05, 0) is 63.4 Å². The third-order valence-electron chi connectivity index (χ3n) is 6.21. The summed E-state index contributed by atoms with van der Waals surface area (Å²) in [6.45, 7) is 9.20. The number of benzene rings is 1. The zero-order valence-electron chi connectivity index (χ0n) is 16.8. The molecule has 1 aromatic carbocycles. The summed E-state index contributed by atoms with van der Waals surface area (Å²) in [5, 5.41) is 4.42. The number of amides is 1. The number of hydrogen-bond donors (Lipinski definition) is 0. The van der Waals surface area contributed by atoms with Gasteiger partial charge in [-0.25, -0.2) is 4.39 Å². The zero-order chi connectivity index (χ0) is 19.7. The van der Waals surface area contributed by atoms with Crippen LogP contribution in [0.4, 0.5) is 4.39 Å². The molecule has 1 atom stereocenters. The van der Waals surface area contributed by atoms with Gasteiger partial charge in [0.15, 0.2) is 0 Å². The van der Waals surface area contributed by atoms with E-state index in [1.165, 1.54) is 18.6 Å². The van der Waals surface area contributed by atoms with E-state index in [1.807, 2.05) is 41.6 Å². The predicted octanol–water partition coefficient (Wildman–Crippen LogP) is 3.48. The van der Waals surface area contributed by atoms with Crippen LogP contribution in [0.5, 0.6) is 0 Å². The van der Waals surface area contributed by atoms with Crippen LogP contribution in [0.25, 0.3) is 0 Å². The smallest absolute Gasteiger partial charge is 0.272 e. The number of halogens is 1. The molecule has 1 spiro atoms. The van der Waals surface area contributed by atoms with Crippen molar-refractivity contribution in [3.8, 4) is 0 Å². The second-order valence-electron chi connectivity index (χ2n) is 8.40. The fraction of sp³-hybridized carbons (Fsp3) is 0.545. The number of likely N-dealkylation sites (tertiary alicyclic amines) is 2. The Morgan fingerprint density at radius 3 is 2.71 bits per heavy atom. The van der Waals surface area contributed by atoms with Gasteiger partial charge in [0.2, 0.25) is 0 Å². The van der Waals surface area contributed by atoms with Crippen LogP contribution in [0.1, 0.15) is 47.9 Å². The molecule has 2 aromatic rings. The summed E-state index contributed by atoms with van der Waals surface area (Å²) < 4.78 is 15.0. The molecule has 0 aliphatic carbocycles. The maximum Gasteiger partial charge on any atom is 0.272 e. The Bertz CT molecular complexity index is 847. The summed E-state index contributed by atoms with van der Waals surface area (Å²) in [5.41, 5.74) is 2.92. The van der Waals surface area contributed by atoms with Gasteiger partial charge in [0.25, 0.3) is 5.91 Å². The predicted molar refractivity (Wildman–Crippen MR) is 107 cm³/mol. The third-order valence-corrected chi connectivity index (χ3v) is 6.21. The average Bonchev–Trinajstić information content (AvgIpc) is 3.27. The Kier molecular flexibility index (Phi) is 5.23. The van der Waals surface area contributed by atoms with Crippen LogP contribution in [0, 0.1) is 18.2 Å². The second-order valence-corrected chi connectivity index (χ2v) is 8.40. The number of rotatable bonds is 4. The lowest BCUT2D eigenvalue weighted by Gasteiger charge is -2.40. The molecule has 0 saturated carbocycles. The maximum atomic E-state index is 13.2. The van der Waals surface area contributed by atoms with Gasteiger partial charge >= 0.3 is 0 Å². The van der Waals surface area contributed by atoms with E-state index >= 15 is 0 Å². The first-order chi connectivity index (χ1) is 13.5. The summed E-state index contributed by atoms with van der Waals surface area (Å²) >= 11 is 0. The molecule has 4 rings (SSSR count). The molecule has 28 heavy (non-hydrogen) atoms. The number of aromatic nitrogens is 2. The lowest BCUT2D eigenvalue weighted by molar-refractivity contribution is 0.0666. The maximum absolute atomic E-state index is 13.2. The van der Waals surface area contributed by atoms with Gasteiger partial charge in [0.1, 0.15) is 11.5 Å². The van der Waals surface area contributed by atoms with Gasteiger partial charge in [-0.2, -0.15) is 5.10 Å². The number of hydrogen-bond acceptors (Lipinski definition) is 3. The van der Waals surface area contributed by atoms with Gasteiger partial charge < -0.3 is 4.90 Å². The Labute approximate surface area is 166 Å². The van der Waals surface area contributed by atoms with Crippen molar-refractivity contribution in [2.45, 2.75) is 46.2 Å². The molecule has 0 unspecified atom stereocenters. The average molecular weight is 384 g/mol. The molecule has 0 radical (unpaired) electrons. The normalized spacial score (nSPS) is 22.9. The highest BCUT2D eigenvalue weighted by Gasteiger charge is 2.43. The summed E-state index contributed by atoms with van der Waals surface area (Å²) in [5.74, 6) is -0.0830.